The van der Waals surface area contributed by atoms with Gasteiger partial charge in [-0.25, -0.2) is 0 Å². The van der Waals surface area contributed by atoms with Gasteiger partial charge in [-0.15, -0.1) is 0 Å². The van der Waals surface area contributed by atoms with E-state index in [1.165, 1.54) is 32.1 Å². The minimum absolute atomic E-state index is 0.0820. The molecule has 1 amide bonds. The molecule has 0 aromatic rings. The van der Waals surface area contributed by atoms with Crippen molar-refractivity contribution in [2.24, 2.45) is 22.7 Å². The molecule has 1 saturated carbocycles. The standard InChI is InChI=1S/C20H38N4O/c1-5-21-20(22-11-9-17-8-6-7-16(4)13-17)23-18-10-12-24(14-18)19(25)15(2)3/h15-18H,5-14H2,1-4H3,(H2,21,22,23). The fourth-order valence-corrected chi connectivity index (χ4v) is 4.14. The van der Waals surface area contributed by atoms with E-state index in [4.69, 9.17) is 4.99 Å². The predicted molar refractivity (Wildman–Crippen MR) is 105 cm³/mol. The van der Waals surface area contributed by atoms with Crippen LogP contribution in [0.25, 0.3) is 0 Å². The van der Waals surface area contributed by atoms with Crippen LogP contribution in [0.3, 0.4) is 0 Å². The normalized spacial score (nSPS) is 27.6. The van der Waals surface area contributed by atoms with Crippen molar-refractivity contribution in [1.29, 1.82) is 0 Å². The molecule has 2 fully saturated rings. The molecule has 0 spiro atoms. The van der Waals surface area contributed by atoms with Crippen LogP contribution in [0.2, 0.25) is 0 Å². The molecule has 0 bridgehead atoms. The summed E-state index contributed by atoms with van der Waals surface area (Å²) in [4.78, 5) is 18.9. The number of guanidine groups is 1. The number of aliphatic imine (C=N–C) groups is 1. The van der Waals surface area contributed by atoms with Gasteiger partial charge in [0.15, 0.2) is 5.96 Å². The van der Waals surface area contributed by atoms with E-state index in [-0.39, 0.29) is 11.8 Å². The molecule has 0 aromatic heterocycles. The molecular weight excluding hydrogens is 312 g/mol. The van der Waals surface area contributed by atoms with E-state index >= 15 is 0 Å². The Balaban J connectivity index is 1.78. The smallest absolute Gasteiger partial charge is 0.225 e. The van der Waals surface area contributed by atoms with Gasteiger partial charge in [-0.3, -0.25) is 9.79 Å². The van der Waals surface area contributed by atoms with Crippen LogP contribution in [-0.4, -0.2) is 49.0 Å². The summed E-state index contributed by atoms with van der Waals surface area (Å²) in [5, 5.41) is 6.89. The van der Waals surface area contributed by atoms with Crippen LogP contribution >= 0.6 is 0 Å². The average Bonchev–Trinajstić information content (AvgIpc) is 3.02. The number of carbonyl (C=O) groups is 1. The van der Waals surface area contributed by atoms with E-state index < -0.39 is 0 Å². The molecule has 3 unspecified atom stereocenters. The number of hydrogen-bond donors (Lipinski definition) is 2. The van der Waals surface area contributed by atoms with E-state index in [2.05, 4.69) is 24.5 Å². The van der Waals surface area contributed by atoms with Crippen molar-refractivity contribution in [3.8, 4) is 0 Å². The van der Waals surface area contributed by atoms with Crippen molar-refractivity contribution in [2.45, 2.75) is 72.3 Å². The van der Waals surface area contributed by atoms with E-state index in [9.17, 15) is 4.79 Å². The monoisotopic (exact) mass is 350 g/mol. The lowest BCUT2D eigenvalue weighted by molar-refractivity contribution is -0.133. The van der Waals surface area contributed by atoms with Gasteiger partial charge in [0.25, 0.3) is 0 Å². The summed E-state index contributed by atoms with van der Waals surface area (Å²) in [6.07, 6.45) is 7.73. The Morgan fingerprint density at radius 1 is 1.28 bits per heavy atom. The van der Waals surface area contributed by atoms with Crippen LogP contribution in [0, 0.1) is 17.8 Å². The third kappa shape index (κ3) is 6.52. The summed E-state index contributed by atoms with van der Waals surface area (Å²) in [5.74, 6) is 2.99. The van der Waals surface area contributed by atoms with Gasteiger partial charge in [-0.2, -0.15) is 0 Å². The molecule has 2 aliphatic rings. The lowest BCUT2D eigenvalue weighted by Crippen LogP contribution is -2.45. The first kappa shape index (κ1) is 20.1. The maximum atomic E-state index is 12.1. The molecule has 144 valence electrons. The highest BCUT2D eigenvalue weighted by Crippen LogP contribution is 2.30. The van der Waals surface area contributed by atoms with Crippen LogP contribution < -0.4 is 10.6 Å². The van der Waals surface area contributed by atoms with Crippen molar-refractivity contribution in [3.05, 3.63) is 0 Å². The molecule has 3 atom stereocenters. The predicted octanol–water partition coefficient (Wildman–Crippen LogP) is 3.01. The van der Waals surface area contributed by atoms with Gasteiger partial charge in [-0.1, -0.05) is 40.0 Å². The highest BCUT2D eigenvalue weighted by Gasteiger charge is 2.28. The number of amides is 1. The second kappa shape index (κ2) is 10.0. The Morgan fingerprint density at radius 2 is 2.08 bits per heavy atom. The van der Waals surface area contributed by atoms with Crippen molar-refractivity contribution in [1.82, 2.24) is 15.5 Å². The maximum Gasteiger partial charge on any atom is 0.225 e. The quantitative estimate of drug-likeness (QED) is 0.572. The summed E-state index contributed by atoms with van der Waals surface area (Å²) in [7, 11) is 0. The van der Waals surface area contributed by atoms with Crippen molar-refractivity contribution < 1.29 is 4.79 Å². The maximum absolute atomic E-state index is 12.1. The minimum Gasteiger partial charge on any atom is -0.357 e. The Morgan fingerprint density at radius 3 is 2.76 bits per heavy atom. The molecule has 0 radical (unpaired) electrons. The summed E-state index contributed by atoms with van der Waals surface area (Å²) in [6.45, 7) is 11.8. The van der Waals surface area contributed by atoms with Crippen LogP contribution in [-0.2, 0) is 4.79 Å². The van der Waals surface area contributed by atoms with E-state index in [0.717, 1.165) is 50.4 Å². The number of hydrogen-bond acceptors (Lipinski definition) is 2. The Kier molecular flexibility index (Phi) is 8.04. The lowest BCUT2D eigenvalue weighted by atomic mass is 9.81. The van der Waals surface area contributed by atoms with Crippen LogP contribution in [0.5, 0.6) is 0 Å². The topological polar surface area (TPSA) is 56.7 Å². The van der Waals surface area contributed by atoms with Crippen molar-refractivity contribution in [2.75, 3.05) is 26.2 Å². The number of rotatable bonds is 6. The van der Waals surface area contributed by atoms with Crippen LogP contribution in [0.1, 0.15) is 66.2 Å². The highest BCUT2D eigenvalue weighted by atomic mass is 16.2. The van der Waals surface area contributed by atoms with Crippen LogP contribution in [0.15, 0.2) is 4.99 Å². The van der Waals surface area contributed by atoms with Crippen molar-refractivity contribution >= 4 is 11.9 Å². The summed E-state index contributed by atoms with van der Waals surface area (Å²) >= 11 is 0. The summed E-state index contributed by atoms with van der Waals surface area (Å²) in [6, 6.07) is 0.315. The highest BCUT2D eigenvalue weighted by molar-refractivity contribution is 5.81. The first-order valence-electron chi connectivity index (χ1n) is 10.3. The number of likely N-dealkylation sites (tertiary alicyclic amines) is 1. The minimum atomic E-state index is 0.0820. The van der Waals surface area contributed by atoms with Gasteiger partial charge in [0.1, 0.15) is 0 Å². The largest absolute Gasteiger partial charge is 0.357 e. The zero-order valence-corrected chi connectivity index (χ0v) is 16.7. The number of nitrogens with one attached hydrogen (secondary N) is 2. The summed E-state index contributed by atoms with van der Waals surface area (Å²) < 4.78 is 0. The molecule has 25 heavy (non-hydrogen) atoms. The molecule has 5 heteroatoms. The van der Waals surface area contributed by atoms with Gasteiger partial charge in [0, 0.05) is 38.1 Å². The molecule has 1 saturated heterocycles. The third-order valence-electron chi connectivity index (χ3n) is 5.53. The molecule has 1 aliphatic heterocycles. The number of nitrogens with zero attached hydrogens (tertiary/aromatic N) is 2. The van der Waals surface area contributed by atoms with Gasteiger partial charge < -0.3 is 15.5 Å². The molecule has 5 nitrogen and oxygen atoms in total. The van der Waals surface area contributed by atoms with E-state index in [1.807, 2.05) is 18.7 Å². The van der Waals surface area contributed by atoms with Gasteiger partial charge >= 0.3 is 0 Å². The molecule has 1 heterocycles. The zero-order chi connectivity index (χ0) is 18.2. The second-order valence-electron chi connectivity index (χ2n) is 8.26. The Labute approximate surface area is 154 Å². The molecule has 1 aliphatic carbocycles. The van der Waals surface area contributed by atoms with Gasteiger partial charge in [-0.05, 0) is 38.0 Å². The first-order chi connectivity index (χ1) is 12.0. The van der Waals surface area contributed by atoms with E-state index in [0.29, 0.717) is 6.04 Å². The fourth-order valence-electron chi connectivity index (χ4n) is 4.14. The molecule has 0 aromatic carbocycles. The van der Waals surface area contributed by atoms with Crippen molar-refractivity contribution in [3.63, 3.8) is 0 Å². The fraction of sp³-hybridized carbons (Fsp3) is 0.900. The molecule has 2 rings (SSSR count). The SMILES string of the molecule is CCNC(=NCCC1CCCC(C)C1)NC1CCN(C(=O)C(C)C)C1. The molecule has 2 N–H and O–H groups in total. The third-order valence-corrected chi connectivity index (χ3v) is 5.53. The Hall–Kier alpha value is -1.26. The van der Waals surface area contributed by atoms with E-state index in [1.54, 1.807) is 0 Å². The van der Waals surface area contributed by atoms with Gasteiger partial charge in [0.2, 0.25) is 5.91 Å². The first-order valence-corrected chi connectivity index (χ1v) is 10.3. The van der Waals surface area contributed by atoms with Gasteiger partial charge in [0.05, 0.1) is 0 Å². The summed E-state index contributed by atoms with van der Waals surface area (Å²) in [5.41, 5.74) is 0. The molecular formula is C20H38N4O. The second-order valence-corrected chi connectivity index (χ2v) is 8.26. The number of carbonyl (C=O) groups excluding carboxylic acids is 1. The Bertz CT molecular complexity index is 449. The van der Waals surface area contributed by atoms with Crippen LogP contribution in [0.4, 0.5) is 0 Å². The average molecular weight is 351 g/mol. The lowest BCUT2D eigenvalue weighted by Gasteiger charge is -2.26. The zero-order valence-electron chi connectivity index (χ0n) is 16.7.